The SMILES string of the molecule is COC(=O)c1ccc(C2/C(=C(/O)c3ccccc3)C(=O)C(=O)N2CCO)cc1. The van der Waals surface area contributed by atoms with Gasteiger partial charge < -0.3 is 19.8 Å². The minimum absolute atomic E-state index is 0.0598. The van der Waals surface area contributed by atoms with Gasteiger partial charge in [0, 0.05) is 12.1 Å². The Morgan fingerprint density at radius 2 is 1.68 bits per heavy atom. The second-order valence-electron chi connectivity index (χ2n) is 6.20. The first-order chi connectivity index (χ1) is 13.5. The van der Waals surface area contributed by atoms with E-state index in [-0.39, 0.29) is 24.5 Å². The smallest absolute Gasteiger partial charge is 0.337 e. The van der Waals surface area contributed by atoms with Gasteiger partial charge in [-0.05, 0) is 17.7 Å². The topological polar surface area (TPSA) is 104 Å². The first-order valence-electron chi connectivity index (χ1n) is 8.62. The number of ether oxygens (including phenoxy) is 1. The number of nitrogens with zero attached hydrogens (tertiary/aromatic N) is 1. The van der Waals surface area contributed by atoms with Gasteiger partial charge in [0.25, 0.3) is 11.7 Å². The summed E-state index contributed by atoms with van der Waals surface area (Å²) in [5, 5.41) is 20.1. The molecule has 1 atom stereocenters. The highest BCUT2D eigenvalue weighted by atomic mass is 16.5. The number of hydrogen-bond acceptors (Lipinski definition) is 6. The van der Waals surface area contributed by atoms with Crippen LogP contribution in [0.5, 0.6) is 0 Å². The summed E-state index contributed by atoms with van der Waals surface area (Å²) in [6, 6.07) is 13.8. The van der Waals surface area contributed by atoms with Crippen LogP contribution in [0, 0.1) is 0 Å². The summed E-state index contributed by atoms with van der Waals surface area (Å²) in [6.07, 6.45) is 0. The van der Waals surface area contributed by atoms with Crippen molar-refractivity contribution < 1.29 is 29.3 Å². The molecular formula is C21H19NO6. The zero-order chi connectivity index (χ0) is 20.3. The van der Waals surface area contributed by atoms with Crippen molar-refractivity contribution >= 4 is 23.4 Å². The van der Waals surface area contributed by atoms with E-state index in [1.54, 1.807) is 42.5 Å². The van der Waals surface area contributed by atoms with Crippen molar-refractivity contribution in [2.24, 2.45) is 0 Å². The molecule has 1 unspecified atom stereocenters. The van der Waals surface area contributed by atoms with Gasteiger partial charge in [0.05, 0.1) is 30.9 Å². The van der Waals surface area contributed by atoms with Crippen LogP contribution < -0.4 is 0 Å². The van der Waals surface area contributed by atoms with Crippen molar-refractivity contribution in [1.29, 1.82) is 0 Å². The number of Topliss-reactive ketones (excluding diaryl/α,β-unsaturated/α-hetero) is 1. The highest BCUT2D eigenvalue weighted by Gasteiger charge is 2.45. The van der Waals surface area contributed by atoms with Gasteiger partial charge in [0.1, 0.15) is 5.76 Å². The molecule has 3 rings (SSSR count). The van der Waals surface area contributed by atoms with E-state index in [4.69, 9.17) is 0 Å². The normalized spacial score (nSPS) is 18.4. The van der Waals surface area contributed by atoms with Gasteiger partial charge in [-0.1, -0.05) is 42.5 Å². The lowest BCUT2D eigenvalue weighted by atomic mass is 9.94. The molecule has 0 bridgehead atoms. The Balaban J connectivity index is 2.13. The number of amides is 1. The second kappa shape index (κ2) is 8.06. The van der Waals surface area contributed by atoms with Crippen LogP contribution in [0.4, 0.5) is 0 Å². The molecule has 7 nitrogen and oxygen atoms in total. The first kappa shape index (κ1) is 19.3. The van der Waals surface area contributed by atoms with Crippen LogP contribution in [-0.4, -0.2) is 53.0 Å². The highest BCUT2D eigenvalue weighted by molar-refractivity contribution is 6.46. The molecule has 28 heavy (non-hydrogen) atoms. The summed E-state index contributed by atoms with van der Waals surface area (Å²) in [5.41, 5.74) is 1.18. The van der Waals surface area contributed by atoms with Crippen LogP contribution in [0.1, 0.15) is 27.5 Å². The third kappa shape index (κ3) is 3.39. The van der Waals surface area contributed by atoms with E-state index >= 15 is 0 Å². The van der Waals surface area contributed by atoms with Gasteiger partial charge in [-0.3, -0.25) is 9.59 Å². The Hall–Kier alpha value is -3.45. The van der Waals surface area contributed by atoms with Crippen molar-refractivity contribution in [2.75, 3.05) is 20.3 Å². The van der Waals surface area contributed by atoms with E-state index in [1.165, 1.54) is 24.1 Å². The van der Waals surface area contributed by atoms with Crippen LogP contribution >= 0.6 is 0 Å². The van der Waals surface area contributed by atoms with E-state index in [9.17, 15) is 24.6 Å². The molecule has 1 aliphatic rings. The van der Waals surface area contributed by atoms with Gasteiger partial charge in [-0.25, -0.2) is 4.79 Å². The Morgan fingerprint density at radius 3 is 2.25 bits per heavy atom. The van der Waals surface area contributed by atoms with Crippen molar-refractivity contribution in [3.8, 4) is 0 Å². The molecule has 1 amide bonds. The van der Waals surface area contributed by atoms with Crippen LogP contribution in [0.25, 0.3) is 5.76 Å². The molecule has 7 heteroatoms. The quantitative estimate of drug-likeness (QED) is 0.355. The zero-order valence-electron chi connectivity index (χ0n) is 15.2. The highest BCUT2D eigenvalue weighted by Crippen LogP contribution is 2.39. The third-order valence-corrected chi connectivity index (χ3v) is 4.58. The maximum absolute atomic E-state index is 12.6. The second-order valence-corrected chi connectivity index (χ2v) is 6.20. The fraction of sp³-hybridized carbons (Fsp3) is 0.190. The van der Waals surface area contributed by atoms with Crippen molar-refractivity contribution in [1.82, 2.24) is 4.90 Å². The lowest BCUT2D eigenvalue weighted by Gasteiger charge is -2.24. The first-order valence-corrected chi connectivity index (χ1v) is 8.62. The number of esters is 1. The molecule has 0 radical (unpaired) electrons. The molecule has 1 heterocycles. The summed E-state index contributed by atoms with van der Waals surface area (Å²) in [5.74, 6) is -2.42. The number of carbonyl (C=O) groups excluding carboxylic acids is 3. The van der Waals surface area contributed by atoms with E-state index in [0.29, 0.717) is 16.7 Å². The van der Waals surface area contributed by atoms with Gasteiger partial charge >= 0.3 is 5.97 Å². The monoisotopic (exact) mass is 381 g/mol. The maximum Gasteiger partial charge on any atom is 0.337 e. The number of benzene rings is 2. The maximum atomic E-state index is 12.6. The number of aliphatic hydroxyl groups is 2. The summed E-state index contributed by atoms with van der Waals surface area (Å²) >= 11 is 0. The Bertz CT molecular complexity index is 933. The van der Waals surface area contributed by atoms with Crippen molar-refractivity contribution in [3.05, 3.63) is 76.9 Å². The molecule has 1 saturated heterocycles. The molecule has 0 spiro atoms. The Kier molecular flexibility index (Phi) is 5.56. The molecule has 2 aromatic carbocycles. The Morgan fingerprint density at radius 1 is 1.04 bits per heavy atom. The number of methoxy groups -OCH3 is 1. The predicted molar refractivity (Wildman–Crippen MR) is 100 cm³/mol. The summed E-state index contributed by atoms with van der Waals surface area (Å²) < 4.78 is 4.67. The van der Waals surface area contributed by atoms with E-state index in [1.807, 2.05) is 0 Å². The van der Waals surface area contributed by atoms with Crippen LogP contribution in [0.3, 0.4) is 0 Å². The van der Waals surface area contributed by atoms with Crippen LogP contribution in [-0.2, 0) is 14.3 Å². The van der Waals surface area contributed by atoms with E-state index in [2.05, 4.69) is 4.74 Å². The molecule has 144 valence electrons. The summed E-state index contributed by atoms with van der Waals surface area (Å²) in [7, 11) is 1.27. The van der Waals surface area contributed by atoms with Crippen LogP contribution in [0.15, 0.2) is 60.2 Å². The van der Waals surface area contributed by atoms with Crippen LogP contribution in [0.2, 0.25) is 0 Å². The largest absolute Gasteiger partial charge is 0.507 e. The molecule has 2 aromatic rings. The fourth-order valence-corrected chi connectivity index (χ4v) is 3.24. The summed E-state index contributed by atoms with van der Waals surface area (Å²) in [4.78, 5) is 38.0. The Labute approximate surface area is 161 Å². The predicted octanol–water partition coefficient (Wildman–Crippen LogP) is 1.89. The fourth-order valence-electron chi connectivity index (χ4n) is 3.24. The number of likely N-dealkylation sites (tertiary alicyclic amines) is 1. The average molecular weight is 381 g/mol. The number of rotatable bonds is 5. The average Bonchev–Trinajstić information content (AvgIpc) is 2.98. The summed E-state index contributed by atoms with van der Waals surface area (Å²) in [6.45, 7) is -0.408. The molecule has 1 fully saturated rings. The molecular weight excluding hydrogens is 362 g/mol. The van der Waals surface area contributed by atoms with Gasteiger partial charge in [0.15, 0.2) is 0 Å². The van der Waals surface area contributed by atoms with Gasteiger partial charge in [-0.2, -0.15) is 0 Å². The minimum Gasteiger partial charge on any atom is -0.507 e. The number of carbonyl (C=O) groups is 3. The standard InChI is InChI=1S/C21H19NO6/c1-28-21(27)15-9-7-13(8-10-15)17-16(18(24)14-5-3-2-4-6-14)19(25)20(26)22(17)11-12-23/h2-10,17,23-24H,11-12H2,1H3/b18-16-. The van der Waals surface area contributed by atoms with E-state index < -0.39 is 23.7 Å². The third-order valence-electron chi connectivity index (χ3n) is 4.58. The molecule has 0 aromatic heterocycles. The number of hydrogen-bond donors (Lipinski definition) is 2. The number of ketones is 1. The lowest BCUT2D eigenvalue weighted by Crippen LogP contribution is -2.32. The molecule has 1 aliphatic heterocycles. The van der Waals surface area contributed by atoms with E-state index in [0.717, 1.165) is 0 Å². The molecule has 0 aliphatic carbocycles. The minimum atomic E-state index is -0.876. The van der Waals surface area contributed by atoms with Crippen molar-refractivity contribution in [3.63, 3.8) is 0 Å². The molecule has 0 saturated carbocycles. The van der Waals surface area contributed by atoms with Crippen molar-refractivity contribution in [2.45, 2.75) is 6.04 Å². The zero-order valence-corrected chi connectivity index (χ0v) is 15.2. The molecule has 2 N–H and O–H groups in total. The lowest BCUT2D eigenvalue weighted by molar-refractivity contribution is -0.140. The number of aliphatic hydroxyl groups excluding tert-OH is 2. The number of β-amino-alcohol motifs (C(OH)–C–C–N with tert-alkyl or cyclic N) is 1. The van der Waals surface area contributed by atoms with Gasteiger partial charge in [-0.15, -0.1) is 0 Å². The van der Waals surface area contributed by atoms with Gasteiger partial charge in [0.2, 0.25) is 0 Å².